The number of rotatable bonds is 1. The summed E-state index contributed by atoms with van der Waals surface area (Å²) < 4.78 is 5.64. The monoisotopic (exact) mass is 232 g/mol. The number of phenols is 1. The quantitative estimate of drug-likeness (QED) is 0.822. The van der Waals surface area contributed by atoms with Crippen molar-refractivity contribution >= 4 is 11.0 Å². The summed E-state index contributed by atoms with van der Waals surface area (Å²) in [5.41, 5.74) is 0.306. The molecule has 1 aromatic heterocycles. The predicted molar refractivity (Wildman–Crippen MR) is 67.3 cm³/mol. The standard InChI is InChI=1S/C14H16O3/c1-14(2,3)8-9-7-11(16)13-10(15)5-4-6-12(13)17-9/h4-7,15H,8H2,1-3H3. The second kappa shape index (κ2) is 3.91. The van der Waals surface area contributed by atoms with Crippen LogP contribution >= 0.6 is 0 Å². The fourth-order valence-corrected chi connectivity index (χ4v) is 1.85. The molecule has 0 unspecified atom stereocenters. The normalized spacial score (nSPS) is 11.9. The van der Waals surface area contributed by atoms with Crippen LogP contribution in [0.25, 0.3) is 11.0 Å². The summed E-state index contributed by atoms with van der Waals surface area (Å²) in [5, 5.41) is 9.87. The first kappa shape index (κ1) is 11.7. The predicted octanol–water partition coefficient (Wildman–Crippen LogP) is 3.09. The Labute approximate surface area is 99.7 Å². The Morgan fingerprint density at radius 1 is 1.29 bits per heavy atom. The van der Waals surface area contributed by atoms with E-state index >= 15 is 0 Å². The molecule has 0 radical (unpaired) electrons. The molecule has 1 N–H and O–H groups in total. The Balaban J connectivity index is 2.61. The fraction of sp³-hybridized carbons (Fsp3) is 0.357. The summed E-state index contributed by atoms with van der Waals surface area (Å²) in [4.78, 5) is 11.9. The third kappa shape index (κ3) is 2.49. The summed E-state index contributed by atoms with van der Waals surface area (Å²) in [6.45, 7) is 6.25. The van der Waals surface area contributed by atoms with Crippen LogP contribution in [0.4, 0.5) is 0 Å². The maximum absolute atomic E-state index is 11.9. The minimum absolute atomic E-state index is 0.0291. The van der Waals surface area contributed by atoms with Gasteiger partial charge < -0.3 is 9.52 Å². The van der Waals surface area contributed by atoms with Gasteiger partial charge in [0.05, 0.1) is 0 Å². The third-order valence-electron chi connectivity index (χ3n) is 2.49. The highest BCUT2D eigenvalue weighted by atomic mass is 16.3. The summed E-state index contributed by atoms with van der Waals surface area (Å²) in [5.74, 6) is 0.624. The lowest BCUT2D eigenvalue weighted by Gasteiger charge is -2.17. The first-order chi connectivity index (χ1) is 7.87. The number of fused-ring (bicyclic) bond motifs is 1. The van der Waals surface area contributed by atoms with E-state index in [-0.39, 0.29) is 22.0 Å². The molecule has 1 aromatic carbocycles. The molecule has 17 heavy (non-hydrogen) atoms. The lowest BCUT2D eigenvalue weighted by atomic mass is 9.91. The Hall–Kier alpha value is -1.77. The molecule has 1 heterocycles. The van der Waals surface area contributed by atoms with Gasteiger partial charge in [-0.15, -0.1) is 0 Å². The second-order valence-electron chi connectivity index (χ2n) is 5.46. The summed E-state index contributed by atoms with van der Waals surface area (Å²) in [6.07, 6.45) is 0.688. The topological polar surface area (TPSA) is 50.4 Å². The Morgan fingerprint density at radius 3 is 2.65 bits per heavy atom. The Morgan fingerprint density at radius 2 is 2.00 bits per heavy atom. The molecule has 2 aromatic rings. The van der Waals surface area contributed by atoms with Crippen molar-refractivity contribution in [3.8, 4) is 5.75 Å². The Bertz CT molecular complexity index is 603. The molecule has 90 valence electrons. The first-order valence-electron chi connectivity index (χ1n) is 5.61. The summed E-state index contributed by atoms with van der Waals surface area (Å²) >= 11 is 0. The van der Waals surface area contributed by atoms with Crippen LogP contribution < -0.4 is 5.43 Å². The van der Waals surface area contributed by atoms with Crippen molar-refractivity contribution in [1.29, 1.82) is 0 Å². The molecule has 0 atom stereocenters. The molecule has 0 saturated carbocycles. The van der Waals surface area contributed by atoms with Gasteiger partial charge in [0.25, 0.3) is 0 Å². The van der Waals surface area contributed by atoms with Crippen LogP contribution in [0.5, 0.6) is 5.75 Å². The largest absolute Gasteiger partial charge is 0.507 e. The van der Waals surface area contributed by atoms with E-state index in [2.05, 4.69) is 20.8 Å². The summed E-state index contributed by atoms with van der Waals surface area (Å²) in [6, 6.07) is 6.32. The van der Waals surface area contributed by atoms with E-state index in [0.29, 0.717) is 17.8 Å². The van der Waals surface area contributed by atoms with Crippen molar-refractivity contribution < 1.29 is 9.52 Å². The van der Waals surface area contributed by atoms with Crippen molar-refractivity contribution in [2.45, 2.75) is 27.2 Å². The smallest absolute Gasteiger partial charge is 0.196 e. The minimum atomic E-state index is -0.191. The van der Waals surface area contributed by atoms with Gasteiger partial charge in [0.1, 0.15) is 22.5 Å². The number of benzene rings is 1. The van der Waals surface area contributed by atoms with Gasteiger partial charge >= 0.3 is 0 Å². The van der Waals surface area contributed by atoms with E-state index in [1.807, 2.05) is 0 Å². The van der Waals surface area contributed by atoms with Crippen molar-refractivity contribution in [2.75, 3.05) is 0 Å². The van der Waals surface area contributed by atoms with Crippen molar-refractivity contribution in [2.24, 2.45) is 5.41 Å². The molecule has 3 heteroatoms. The Kier molecular flexibility index (Phi) is 2.69. The van der Waals surface area contributed by atoms with Crippen molar-refractivity contribution in [1.82, 2.24) is 0 Å². The lowest BCUT2D eigenvalue weighted by Crippen LogP contribution is -2.11. The molecule has 0 bridgehead atoms. The highest BCUT2D eigenvalue weighted by molar-refractivity contribution is 5.82. The third-order valence-corrected chi connectivity index (χ3v) is 2.49. The first-order valence-corrected chi connectivity index (χ1v) is 5.61. The van der Waals surface area contributed by atoms with E-state index in [4.69, 9.17) is 4.42 Å². The van der Waals surface area contributed by atoms with Crippen LogP contribution in [0.2, 0.25) is 0 Å². The van der Waals surface area contributed by atoms with Gasteiger partial charge in [0.2, 0.25) is 0 Å². The lowest BCUT2D eigenvalue weighted by molar-refractivity contribution is 0.367. The van der Waals surface area contributed by atoms with E-state index in [1.54, 1.807) is 12.1 Å². The van der Waals surface area contributed by atoms with Crippen LogP contribution in [0.3, 0.4) is 0 Å². The van der Waals surface area contributed by atoms with Crippen LogP contribution in [0.15, 0.2) is 33.5 Å². The van der Waals surface area contributed by atoms with Crippen LogP contribution in [0, 0.1) is 5.41 Å². The number of hydrogen-bond donors (Lipinski definition) is 1. The minimum Gasteiger partial charge on any atom is -0.507 e. The van der Waals surface area contributed by atoms with Gasteiger partial charge in [-0.3, -0.25) is 4.79 Å². The zero-order valence-electron chi connectivity index (χ0n) is 10.3. The van der Waals surface area contributed by atoms with E-state index in [1.165, 1.54) is 12.1 Å². The zero-order chi connectivity index (χ0) is 12.6. The van der Waals surface area contributed by atoms with E-state index in [0.717, 1.165) is 0 Å². The molecule has 0 saturated heterocycles. The average Bonchev–Trinajstić information content (AvgIpc) is 2.13. The molecule has 0 aliphatic carbocycles. The van der Waals surface area contributed by atoms with Gasteiger partial charge in [0.15, 0.2) is 5.43 Å². The SMILES string of the molecule is CC(C)(C)Cc1cc(=O)c2c(O)cccc2o1. The molecular weight excluding hydrogens is 216 g/mol. The van der Waals surface area contributed by atoms with E-state index < -0.39 is 0 Å². The highest BCUT2D eigenvalue weighted by Gasteiger charge is 2.15. The molecule has 0 amide bonds. The van der Waals surface area contributed by atoms with Crippen LogP contribution in [-0.4, -0.2) is 5.11 Å². The van der Waals surface area contributed by atoms with Crippen molar-refractivity contribution in [3.63, 3.8) is 0 Å². The van der Waals surface area contributed by atoms with E-state index in [9.17, 15) is 9.90 Å². The maximum Gasteiger partial charge on any atom is 0.196 e. The van der Waals surface area contributed by atoms with Crippen LogP contribution in [-0.2, 0) is 6.42 Å². The molecule has 0 fully saturated rings. The maximum atomic E-state index is 11.9. The zero-order valence-corrected chi connectivity index (χ0v) is 10.3. The fourth-order valence-electron chi connectivity index (χ4n) is 1.85. The summed E-state index contributed by atoms with van der Waals surface area (Å²) in [7, 11) is 0. The van der Waals surface area contributed by atoms with Gasteiger partial charge in [0, 0.05) is 12.5 Å². The van der Waals surface area contributed by atoms with Crippen molar-refractivity contribution in [3.05, 3.63) is 40.2 Å². The van der Waals surface area contributed by atoms with Gasteiger partial charge in [-0.25, -0.2) is 0 Å². The van der Waals surface area contributed by atoms with Crippen LogP contribution in [0.1, 0.15) is 26.5 Å². The van der Waals surface area contributed by atoms with Gasteiger partial charge in [-0.1, -0.05) is 26.8 Å². The molecule has 0 aliphatic heterocycles. The molecule has 3 nitrogen and oxygen atoms in total. The highest BCUT2D eigenvalue weighted by Crippen LogP contribution is 2.25. The number of hydrogen-bond acceptors (Lipinski definition) is 3. The van der Waals surface area contributed by atoms with Gasteiger partial charge in [-0.2, -0.15) is 0 Å². The molecule has 0 spiro atoms. The average molecular weight is 232 g/mol. The molecular formula is C14H16O3. The number of aromatic hydroxyl groups is 1. The molecule has 0 aliphatic rings. The second-order valence-corrected chi connectivity index (χ2v) is 5.46. The van der Waals surface area contributed by atoms with Gasteiger partial charge in [-0.05, 0) is 17.5 Å². The molecule has 2 rings (SSSR count). The number of phenolic OH excluding ortho intramolecular Hbond substituents is 1.